The van der Waals surface area contributed by atoms with E-state index in [1.54, 1.807) is 18.3 Å². The molecule has 53 heavy (non-hydrogen) atoms. The molecule has 0 amide bonds. The van der Waals surface area contributed by atoms with Crippen molar-refractivity contribution in [3.05, 3.63) is 109 Å². The summed E-state index contributed by atoms with van der Waals surface area (Å²) in [4.78, 5) is 6.17. The van der Waals surface area contributed by atoms with Crippen LogP contribution in [0.1, 0.15) is 80.1 Å². The normalized spacial score (nSPS) is 25.2. The fraction of sp³-hybridized carbons (Fsp3) is 0.500. The number of allylic oxidation sites excluding steroid dienone is 1. The molecule has 3 aromatic rings. The molecule has 0 radical (unpaired) electrons. The lowest BCUT2D eigenvalue weighted by molar-refractivity contribution is -0.252. The summed E-state index contributed by atoms with van der Waals surface area (Å²) in [5, 5.41) is 33.6. The van der Waals surface area contributed by atoms with Crippen LogP contribution in [0.5, 0.6) is 11.5 Å². The van der Waals surface area contributed by atoms with E-state index >= 15 is 0 Å². The predicted octanol–water partition coefficient (Wildman–Crippen LogP) is 7.72. The van der Waals surface area contributed by atoms with Crippen LogP contribution in [0.2, 0.25) is 0 Å². The zero-order valence-electron chi connectivity index (χ0n) is 30.5. The number of benzene rings is 2. The van der Waals surface area contributed by atoms with E-state index in [0.717, 1.165) is 78.1 Å². The van der Waals surface area contributed by atoms with E-state index in [0.29, 0.717) is 38.4 Å². The van der Waals surface area contributed by atoms with Gasteiger partial charge < -0.3 is 29.3 Å². The van der Waals surface area contributed by atoms with E-state index in [1.807, 2.05) is 47.1 Å². The molecular weight excluding hydrogens is 692 g/mol. The molecule has 0 saturated heterocycles. The molecule has 1 aromatic heterocycles. The fourth-order valence-corrected chi connectivity index (χ4v) is 8.67. The molecule has 0 unspecified atom stereocenters. The Morgan fingerprint density at radius 3 is 2.55 bits per heavy atom. The van der Waals surface area contributed by atoms with Crippen molar-refractivity contribution < 1.29 is 29.3 Å². The predicted molar refractivity (Wildman–Crippen MR) is 206 cm³/mol. The van der Waals surface area contributed by atoms with Crippen LogP contribution < -0.4 is 9.47 Å². The van der Waals surface area contributed by atoms with Crippen LogP contribution in [-0.2, 0) is 22.6 Å². The highest BCUT2D eigenvalue weighted by Crippen LogP contribution is 2.63. The lowest BCUT2D eigenvalue weighted by Crippen LogP contribution is -2.63. The standard InChI is InChI=1S/C42H53ClN4O6/c1-3-23-50-33-18-19-38-36(26-33)40-34(17-9-11-22-49)31(15-8-10-21-48)25-35-37(45-52-29-30-13-6-5-7-14-30)27-39(42(53-38,41(35)40)51-24-4-2)47-32(16-12-20-43)28-44-46-47/h3-7,13-14,18-19,25-26,28,31,34,39-41,48-49H,1-2,8-12,15-17,20-24,27,29H2/t31-,34+,39-,40+,41+,42+/m0/s1. The first-order valence-electron chi connectivity index (χ1n) is 19.0. The number of aliphatic hydroxyl groups excluding tert-OH is 2. The Bertz CT molecular complexity index is 1710. The van der Waals surface area contributed by atoms with Crippen molar-refractivity contribution in [3.8, 4) is 11.5 Å². The highest BCUT2D eigenvalue weighted by atomic mass is 35.5. The molecule has 11 heteroatoms. The van der Waals surface area contributed by atoms with Crippen LogP contribution in [0, 0.1) is 17.8 Å². The van der Waals surface area contributed by atoms with Crippen molar-refractivity contribution in [2.75, 3.05) is 32.3 Å². The summed E-state index contributed by atoms with van der Waals surface area (Å²) in [6.07, 6.45) is 14.5. The van der Waals surface area contributed by atoms with Crippen molar-refractivity contribution in [2.24, 2.45) is 22.9 Å². The molecule has 6 atom stereocenters. The number of alkyl halides is 1. The molecule has 2 aliphatic carbocycles. The molecule has 2 aromatic carbocycles. The third-order valence-electron chi connectivity index (χ3n) is 10.8. The number of nitrogens with zero attached hydrogens (tertiary/aromatic N) is 4. The Labute approximate surface area is 318 Å². The minimum absolute atomic E-state index is 0.0781. The number of ether oxygens (including phenoxy) is 3. The van der Waals surface area contributed by atoms with Gasteiger partial charge in [-0.05, 0) is 79.7 Å². The molecule has 1 aliphatic heterocycles. The molecule has 0 spiro atoms. The van der Waals surface area contributed by atoms with Crippen molar-refractivity contribution in [3.63, 3.8) is 0 Å². The Morgan fingerprint density at radius 2 is 1.79 bits per heavy atom. The maximum Gasteiger partial charge on any atom is 0.241 e. The smallest absolute Gasteiger partial charge is 0.241 e. The topological polar surface area (TPSA) is 120 Å². The molecule has 0 bridgehead atoms. The van der Waals surface area contributed by atoms with Gasteiger partial charge in [-0.1, -0.05) is 78.3 Å². The summed E-state index contributed by atoms with van der Waals surface area (Å²) >= 11 is 6.19. The van der Waals surface area contributed by atoms with Gasteiger partial charge in [0.15, 0.2) is 0 Å². The van der Waals surface area contributed by atoms with Crippen LogP contribution >= 0.6 is 11.6 Å². The number of oxime groups is 1. The van der Waals surface area contributed by atoms with Gasteiger partial charge in [-0.25, -0.2) is 4.68 Å². The summed E-state index contributed by atoms with van der Waals surface area (Å²) in [6, 6.07) is 15.6. The second-order valence-corrected chi connectivity index (χ2v) is 14.5. The quantitative estimate of drug-likeness (QED) is 0.0493. The number of unbranched alkanes of at least 4 members (excludes halogenated alkanes) is 2. The van der Waals surface area contributed by atoms with E-state index in [4.69, 9.17) is 35.8 Å². The highest BCUT2D eigenvalue weighted by Gasteiger charge is 2.65. The average molecular weight is 745 g/mol. The summed E-state index contributed by atoms with van der Waals surface area (Å²) in [7, 11) is 0. The second-order valence-electron chi connectivity index (χ2n) is 14.1. The van der Waals surface area contributed by atoms with Crippen LogP contribution in [0.3, 0.4) is 0 Å². The second kappa shape index (κ2) is 18.9. The van der Waals surface area contributed by atoms with Crippen molar-refractivity contribution >= 4 is 17.3 Å². The van der Waals surface area contributed by atoms with Gasteiger partial charge in [0, 0.05) is 37.0 Å². The van der Waals surface area contributed by atoms with Gasteiger partial charge in [-0.2, -0.15) is 0 Å². The van der Waals surface area contributed by atoms with Crippen LogP contribution in [0.4, 0.5) is 0 Å². The number of rotatable bonds is 21. The fourth-order valence-electron chi connectivity index (χ4n) is 8.54. The van der Waals surface area contributed by atoms with E-state index in [2.05, 4.69) is 35.6 Å². The number of hydrogen-bond donors (Lipinski definition) is 2. The van der Waals surface area contributed by atoms with E-state index in [1.165, 1.54) is 0 Å². The number of aryl methyl sites for hydroxylation is 1. The zero-order valence-corrected chi connectivity index (χ0v) is 31.3. The van der Waals surface area contributed by atoms with E-state index in [-0.39, 0.29) is 43.5 Å². The molecule has 1 saturated carbocycles. The number of halogens is 1. The Kier molecular flexibility index (Phi) is 13.8. The minimum Gasteiger partial charge on any atom is -0.490 e. The molecule has 1 fully saturated rings. The molecule has 3 aliphatic rings. The van der Waals surface area contributed by atoms with Gasteiger partial charge in [-0.15, -0.1) is 23.3 Å². The SMILES string of the molecule is C=CCOc1ccc2c(c1)[C@H]1[C@H](CCCCO)[C@@H](CCCCO)C=C3C(=NOCc4ccccc4)C[C@H](n4nncc4CCCCl)[C@@](OCC=C)(O2)[C@H]31. The monoisotopic (exact) mass is 744 g/mol. The van der Waals surface area contributed by atoms with Gasteiger partial charge in [0.05, 0.1) is 30.1 Å². The zero-order chi connectivity index (χ0) is 37.0. The third-order valence-corrected chi connectivity index (χ3v) is 11.0. The summed E-state index contributed by atoms with van der Waals surface area (Å²) in [6.45, 7) is 9.12. The van der Waals surface area contributed by atoms with E-state index < -0.39 is 11.8 Å². The Hall–Kier alpha value is -3.96. The van der Waals surface area contributed by atoms with Crippen molar-refractivity contribution in [1.29, 1.82) is 0 Å². The Balaban J connectivity index is 1.57. The third kappa shape index (κ3) is 8.56. The van der Waals surface area contributed by atoms with Gasteiger partial charge >= 0.3 is 0 Å². The van der Waals surface area contributed by atoms with Crippen LogP contribution in [0.25, 0.3) is 0 Å². The maximum atomic E-state index is 9.87. The number of aromatic nitrogens is 3. The van der Waals surface area contributed by atoms with Crippen LogP contribution in [-0.4, -0.2) is 69.0 Å². The van der Waals surface area contributed by atoms with E-state index in [9.17, 15) is 10.2 Å². The molecule has 2 N–H and O–H groups in total. The van der Waals surface area contributed by atoms with Gasteiger partial charge in [-0.3, -0.25) is 0 Å². The lowest BCUT2D eigenvalue weighted by Gasteiger charge is -2.58. The maximum absolute atomic E-state index is 9.87. The molecular formula is C42H53ClN4O6. The summed E-state index contributed by atoms with van der Waals surface area (Å²) in [5.74, 6) is 0.699. The van der Waals surface area contributed by atoms with Crippen LogP contribution in [0.15, 0.2) is 96.8 Å². The number of hydrogen-bond acceptors (Lipinski definition) is 9. The first-order chi connectivity index (χ1) is 26.1. The van der Waals surface area contributed by atoms with Crippen molar-refractivity contribution in [2.45, 2.75) is 82.1 Å². The van der Waals surface area contributed by atoms with Crippen molar-refractivity contribution in [1.82, 2.24) is 15.0 Å². The number of fused-ring (bicyclic) bond motifs is 2. The highest BCUT2D eigenvalue weighted by molar-refractivity contribution is 6.17. The average Bonchev–Trinajstić information content (AvgIpc) is 3.65. The summed E-state index contributed by atoms with van der Waals surface area (Å²) < 4.78 is 22.4. The summed E-state index contributed by atoms with van der Waals surface area (Å²) in [5.41, 5.74) is 4.87. The number of aliphatic hydroxyl groups is 2. The largest absolute Gasteiger partial charge is 0.490 e. The first-order valence-corrected chi connectivity index (χ1v) is 19.5. The van der Waals surface area contributed by atoms with Gasteiger partial charge in [0.25, 0.3) is 0 Å². The molecule has 10 nitrogen and oxygen atoms in total. The Morgan fingerprint density at radius 1 is 1.00 bits per heavy atom. The molecule has 284 valence electrons. The first kappa shape index (κ1) is 38.8. The minimum atomic E-state index is -1.21. The molecule has 6 rings (SSSR count). The molecule has 2 heterocycles. The van der Waals surface area contributed by atoms with Gasteiger partial charge in [0.1, 0.15) is 30.8 Å². The lowest BCUT2D eigenvalue weighted by atomic mass is 9.55. The van der Waals surface area contributed by atoms with Gasteiger partial charge in [0.2, 0.25) is 5.79 Å².